The van der Waals surface area contributed by atoms with Gasteiger partial charge in [0, 0.05) is 6.42 Å². The molecular formula is C10H12F2O2. The van der Waals surface area contributed by atoms with Gasteiger partial charge in [0.25, 0.3) is 0 Å². The average Bonchev–Trinajstić information content (AvgIpc) is 2.06. The van der Waals surface area contributed by atoms with Crippen molar-refractivity contribution >= 4 is 0 Å². The van der Waals surface area contributed by atoms with Crippen molar-refractivity contribution in [2.45, 2.75) is 19.3 Å². The monoisotopic (exact) mass is 202 g/mol. The molecule has 1 rings (SSSR count). The quantitative estimate of drug-likeness (QED) is 0.813. The first kappa shape index (κ1) is 10.8. The topological polar surface area (TPSA) is 29.5 Å². The summed E-state index contributed by atoms with van der Waals surface area (Å²) in [6.07, 6.45) is -0.360. The van der Waals surface area contributed by atoms with E-state index >= 15 is 0 Å². The van der Waals surface area contributed by atoms with E-state index in [9.17, 15) is 13.9 Å². The van der Waals surface area contributed by atoms with Gasteiger partial charge in [-0.15, -0.1) is 0 Å². The first-order valence-corrected chi connectivity index (χ1v) is 4.28. The van der Waals surface area contributed by atoms with Gasteiger partial charge in [0.2, 0.25) is 5.92 Å². The lowest BCUT2D eigenvalue weighted by atomic mass is 10.3. The van der Waals surface area contributed by atoms with Gasteiger partial charge < -0.3 is 9.84 Å². The van der Waals surface area contributed by atoms with Crippen LogP contribution in [0.3, 0.4) is 0 Å². The van der Waals surface area contributed by atoms with Crippen LogP contribution in [0.1, 0.15) is 13.3 Å². The first-order chi connectivity index (χ1) is 6.49. The molecule has 0 aliphatic heterocycles. The van der Waals surface area contributed by atoms with Gasteiger partial charge in [0.15, 0.2) is 11.5 Å². The molecule has 0 amide bonds. The van der Waals surface area contributed by atoms with Gasteiger partial charge in [-0.1, -0.05) is 12.1 Å². The van der Waals surface area contributed by atoms with Gasteiger partial charge in [-0.05, 0) is 19.1 Å². The van der Waals surface area contributed by atoms with Crippen LogP contribution in [0.5, 0.6) is 11.5 Å². The Bertz CT molecular complexity index is 294. The number of aromatic hydroxyl groups is 1. The van der Waals surface area contributed by atoms with Crippen LogP contribution < -0.4 is 4.74 Å². The van der Waals surface area contributed by atoms with E-state index in [1.165, 1.54) is 12.1 Å². The fraction of sp³-hybridized carbons (Fsp3) is 0.400. The molecule has 1 aromatic carbocycles. The molecule has 0 atom stereocenters. The number of hydrogen-bond acceptors (Lipinski definition) is 2. The first-order valence-electron chi connectivity index (χ1n) is 4.28. The molecule has 0 fully saturated rings. The van der Waals surface area contributed by atoms with Crippen molar-refractivity contribution in [3.8, 4) is 11.5 Å². The number of rotatable bonds is 4. The van der Waals surface area contributed by atoms with Crippen LogP contribution in [-0.4, -0.2) is 17.6 Å². The second-order valence-electron chi connectivity index (χ2n) is 3.14. The zero-order valence-corrected chi connectivity index (χ0v) is 7.84. The maximum Gasteiger partial charge on any atom is 0.248 e. The molecule has 0 saturated carbocycles. The zero-order valence-electron chi connectivity index (χ0n) is 7.84. The highest BCUT2D eigenvalue weighted by Crippen LogP contribution is 2.25. The molecule has 0 aliphatic carbocycles. The fourth-order valence-corrected chi connectivity index (χ4v) is 0.919. The standard InChI is InChI=1S/C10H12F2O2/c1-10(11,12)6-7-14-9-5-3-2-4-8(9)13/h2-5,13H,6-7H2,1H3. The van der Waals surface area contributed by atoms with E-state index in [1.807, 2.05) is 0 Å². The lowest BCUT2D eigenvalue weighted by Crippen LogP contribution is -2.14. The van der Waals surface area contributed by atoms with Crippen molar-refractivity contribution in [3.05, 3.63) is 24.3 Å². The molecule has 2 nitrogen and oxygen atoms in total. The van der Waals surface area contributed by atoms with Crippen molar-refractivity contribution in [1.82, 2.24) is 0 Å². The lowest BCUT2D eigenvalue weighted by molar-refractivity contribution is 0.000608. The summed E-state index contributed by atoms with van der Waals surface area (Å²) in [5.41, 5.74) is 0. The van der Waals surface area contributed by atoms with E-state index in [-0.39, 0.29) is 24.5 Å². The number of benzene rings is 1. The second-order valence-corrected chi connectivity index (χ2v) is 3.14. The summed E-state index contributed by atoms with van der Waals surface area (Å²) < 4.78 is 29.7. The molecule has 0 radical (unpaired) electrons. The van der Waals surface area contributed by atoms with Gasteiger partial charge in [0.05, 0.1) is 6.61 Å². The Morgan fingerprint density at radius 1 is 1.36 bits per heavy atom. The Morgan fingerprint density at radius 3 is 2.57 bits per heavy atom. The number of phenols is 1. The maximum atomic E-state index is 12.4. The number of alkyl halides is 2. The maximum absolute atomic E-state index is 12.4. The summed E-state index contributed by atoms with van der Waals surface area (Å²) >= 11 is 0. The number of hydrogen-bond donors (Lipinski definition) is 1. The van der Waals surface area contributed by atoms with Crippen LogP contribution in [0.25, 0.3) is 0 Å². The van der Waals surface area contributed by atoms with E-state index in [0.29, 0.717) is 0 Å². The van der Waals surface area contributed by atoms with Crippen LogP contribution >= 0.6 is 0 Å². The number of halogens is 2. The molecular weight excluding hydrogens is 190 g/mol. The molecule has 0 spiro atoms. The van der Waals surface area contributed by atoms with Crippen molar-refractivity contribution in [2.24, 2.45) is 0 Å². The highest BCUT2D eigenvalue weighted by molar-refractivity contribution is 5.37. The van der Waals surface area contributed by atoms with Crippen LogP contribution in [0.4, 0.5) is 8.78 Å². The molecule has 0 bridgehead atoms. The van der Waals surface area contributed by atoms with Crippen molar-refractivity contribution in [3.63, 3.8) is 0 Å². The predicted molar refractivity (Wildman–Crippen MR) is 48.8 cm³/mol. The zero-order chi connectivity index (χ0) is 10.6. The largest absolute Gasteiger partial charge is 0.504 e. The molecule has 0 aliphatic rings. The summed E-state index contributed by atoms with van der Waals surface area (Å²) in [5, 5.41) is 9.23. The Morgan fingerprint density at radius 2 is 2.00 bits per heavy atom. The Balaban J connectivity index is 2.43. The molecule has 0 unspecified atom stereocenters. The molecule has 1 N–H and O–H groups in total. The molecule has 4 heteroatoms. The van der Waals surface area contributed by atoms with Crippen LogP contribution in [-0.2, 0) is 0 Å². The third-order valence-corrected chi connectivity index (χ3v) is 1.66. The van der Waals surface area contributed by atoms with E-state index in [0.717, 1.165) is 6.92 Å². The minimum absolute atomic E-state index is 0.0353. The Hall–Kier alpha value is -1.32. The normalized spacial score (nSPS) is 11.4. The average molecular weight is 202 g/mol. The summed E-state index contributed by atoms with van der Waals surface area (Å²) in [6.45, 7) is 0.724. The molecule has 78 valence electrons. The highest BCUT2D eigenvalue weighted by atomic mass is 19.3. The molecule has 0 aromatic heterocycles. The number of ether oxygens (including phenoxy) is 1. The Kier molecular flexibility index (Phi) is 3.28. The van der Waals surface area contributed by atoms with E-state index in [1.54, 1.807) is 12.1 Å². The second kappa shape index (κ2) is 4.26. The minimum atomic E-state index is -2.73. The molecule has 14 heavy (non-hydrogen) atoms. The summed E-state index contributed by atoms with van der Waals surface area (Å²) in [4.78, 5) is 0. The minimum Gasteiger partial charge on any atom is -0.504 e. The third-order valence-electron chi connectivity index (χ3n) is 1.66. The summed E-state index contributed by atoms with van der Waals surface area (Å²) in [7, 11) is 0. The van der Waals surface area contributed by atoms with Gasteiger partial charge in [-0.3, -0.25) is 0 Å². The van der Waals surface area contributed by atoms with Crippen molar-refractivity contribution in [2.75, 3.05) is 6.61 Å². The molecule has 0 heterocycles. The van der Waals surface area contributed by atoms with Gasteiger partial charge in [0.1, 0.15) is 0 Å². The van der Waals surface area contributed by atoms with Gasteiger partial charge in [-0.25, -0.2) is 8.78 Å². The SMILES string of the molecule is CC(F)(F)CCOc1ccccc1O. The van der Waals surface area contributed by atoms with Gasteiger partial charge >= 0.3 is 0 Å². The highest BCUT2D eigenvalue weighted by Gasteiger charge is 2.20. The van der Waals surface area contributed by atoms with Crippen molar-refractivity contribution < 1.29 is 18.6 Å². The smallest absolute Gasteiger partial charge is 0.248 e. The van der Waals surface area contributed by atoms with E-state index in [2.05, 4.69) is 0 Å². The molecule has 1 aromatic rings. The van der Waals surface area contributed by atoms with Crippen LogP contribution in [0, 0.1) is 0 Å². The van der Waals surface area contributed by atoms with E-state index in [4.69, 9.17) is 4.74 Å². The van der Waals surface area contributed by atoms with Crippen LogP contribution in [0.15, 0.2) is 24.3 Å². The van der Waals surface area contributed by atoms with Gasteiger partial charge in [-0.2, -0.15) is 0 Å². The van der Waals surface area contributed by atoms with E-state index < -0.39 is 5.92 Å². The summed E-state index contributed by atoms with van der Waals surface area (Å²) in [5.74, 6) is -2.53. The fourth-order valence-electron chi connectivity index (χ4n) is 0.919. The number of phenolic OH excluding ortho intramolecular Hbond substituents is 1. The lowest BCUT2D eigenvalue weighted by Gasteiger charge is -2.11. The van der Waals surface area contributed by atoms with Crippen molar-refractivity contribution in [1.29, 1.82) is 0 Å². The molecule has 0 saturated heterocycles. The Labute approximate surface area is 81.1 Å². The van der Waals surface area contributed by atoms with Crippen LogP contribution in [0.2, 0.25) is 0 Å². The third kappa shape index (κ3) is 3.60. The summed E-state index contributed by atoms with van der Waals surface area (Å²) in [6, 6.07) is 6.28. The predicted octanol–water partition coefficient (Wildman–Crippen LogP) is 2.82. The number of para-hydroxylation sites is 2.